The molecule has 0 atom stereocenters. The van der Waals surface area contributed by atoms with Gasteiger partial charge in [-0.2, -0.15) is 0 Å². The lowest BCUT2D eigenvalue weighted by Crippen LogP contribution is -2.24. The predicted molar refractivity (Wildman–Crippen MR) is 76.0 cm³/mol. The molecule has 0 radical (unpaired) electrons. The number of carbonyl (C=O) groups excluding carboxylic acids is 1. The Morgan fingerprint density at radius 3 is 2.30 bits per heavy atom. The van der Waals surface area contributed by atoms with Crippen LogP contribution < -0.4 is 15.2 Å². The Bertz CT molecular complexity index is 603. The van der Waals surface area contributed by atoms with E-state index >= 15 is 0 Å². The van der Waals surface area contributed by atoms with Crippen molar-refractivity contribution in [2.24, 2.45) is 0 Å². The lowest BCUT2D eigenvalue weighted by atomic mass is 10.1. The standard InChI is InChI=1S/C16H15NO3/c1-20-14-9-7-13(8-10-14)17-11-15(16(18)19)12-5-3-2-4-6-12/h2-11,17H,1H3,(H,18,19)/p-1/b15-11-. The first-order chi connectivity index (χ1) is 9.70. The van der Waals surface area contributed by atoms with Gasteiger partial charge in [0.15, 0.2) is 0 Å². The average molecular weight is 268 g/mol. The van der Waals surface area contributed by atoms with Crippen molar-refractivity contribution in [2.45, 2.75) is 0 Å². The number of rotatable bonds is 5. The van der Waals surface area contributed by atoms with Gasteiger partial charge in [0.05, 0.1) is 13.1 Å². The Hall–Kier alpha value is -2.75. The van der Waals surface area contributed by atoms with E-state index in [2.05, 4.69) is 5.32 Å². The van der Waals surface area contributed by atoms with Gasteiger partial charge in [-0.15, -0.1) is 0 Å². The third-order valence-corrected chi connectivity index (χ3v) is 2.78. The first-order valence-corrected chi connectivity index (χ1v) is 6.08. The van der Waals surface area contributed by atoms with Gasteiger partial charge in [-0.25, -0.2) is 0 Å². The van der Waals surface area contributed by atoms with E-state index in [0.717, 1.165) is 11.4 Å². The highest BCUT2D eigenvalue weighted by atomic mass is 16.5. The summed E-state index contributed by atoms with van der Waals surface area (Å²) in [6.07, 6.45) is 1.42. The van der Waals surface area contributed by atoms with Crippen LogP contribution in [0.25, 0.3) is 5.57 Å². The van der Waals surface area contributed by atoms with Crippen LogP contribution in [0.1, 0.15) is 5.56 Å². The third-order valence-electron chi connectivity index (χ3n) is 2.78. The zero-order valence-electron chi connectivity index (χ0n) is 11.0. The first-order valence-electron chi connectivity index (χ1n) is 6.08. The van der Waals surface area contributed by atoms with E-state index in [-0.39, 0.29) is 5.57 Å². The Morgan fingerprint density at radius 1 is 1.10 bits per heavy atom. The van der Waals surface area contributed by atoms with Crippen LogP contribution in [0.4, 0.5) is 5.69 Å². The highest BCUT2D eigenvalue weighted by Crippen LogP contribution is 2.17. The van der Waals surface area contributed by atoms with Crippen LogP contribution in [-0.2, 0) is 4.79 Å². The summed E-state index contributed by atoms with van der Waals surface area (Å²) in [6.45, 7) is 0. The quantitative estimate of drug-likeness (QED) is 0.841. The predicted octanol–water partition coefficient (Wildman–Crippen LogP) is 1.90. The lowest BCUT2D eigenvalue weighted by Gasteiger charge is -2.10. The number of nitrogens with one attached hydrogen (secondary N) is 1. The Labute approximate surface area is 117 Å². The SMILES string of the molecule is COc1ccc(N/C=C(\C(=O)[O-])c2ccccc2)cc1. The topological polar surface area (TPSA) is 61.4 Å². The van der Waals surface area contributed by atoms with Crippen LogP contribution in [0.5, 0.6) is 5.75 Å². The van der Waals surface area contributed by atoms with E-state index in [1.807, 2.05) is 6.07 Å². The van der Waals surface area contributed by atoms with E-state index in [9.17, 15) is 9.90 Å². The third kappa shape index (κ3) is 3.38. The van der Waals surface area contributed by atoms with Gasteiger partial charge in [-0.1, -0.05) is 30.3 Å². The van der Waals surface area contributed by atoms with Crippen molar-refractivity contribution < 1.29 is 14.6 Å². The number of hydrogen-bond acceptors (Lipinski definition) is 4. The number of hydrogen-bond donors (Lipinski definition) is 1. The number of anilines is 1. The molecule has 0 spiro atoms. The van der Waals surface area contributed by atoms with Crippen molar-refractivity contribution in [3.63, 3.8) is 0 Å². The number of aliphatic carboxylic acids is 1. The average Bonchev–Trinajstić information content (AvgIpc) is 2.49. The Balaban J connectivity index is 2.19. The molecule has 20 heavy (non-hydrogen) atoms. The molecule has 0 unspecified atom stereocenters. The molecule has 0 saturated heterocycles. The first kappa shape index (κ1) is 13.7. The molecule has 0 aliphatic heterocycles. The van der Waals surface area contributed by atoms with E-state index < -0.39 is 5.97 Å². The molecule has 0 bridgehead atoms. The second-order valence-electron chi connectivity index (χ2n) is 4.08. The molecule has 102 valence electrons. The summed E-state index contributed by atoms with van der Waals surface area (Å²) in [5, 5.41) is 14.1. The minimum Gasteiger partial charge on any atom is -0.545 e. The minimum absolute atomic E-state index is 0.0985. The number of ether oxygens (including phenoxy) is 1. The number of benzene rings is 2. The van der Waals surface area contributed by atoms with Crippen molar-refractivity contribution in [1.29, 1.82) is 0 Å². The van der Waals surface area contributed by atoms with Gasteiger partial charge >= 0.3 is 0 Å². The molecule has 0 saturated carbocycles. The summed E-state index contributed by atoms with van der Waals surface area (Å²) in [7, 11) is 1.59. The number of carboxylic acids is 1. The largest absolute Gasteiger partial charge is 0.545 e. The van der Waals surface area contributed by atoms with Crippen molar-refractivity contribution in [3.05, 3.63) is 66.4 Å². The summed E-state index contributed by atoms with van der Waals surface area (Å²) in [5.74, 6) is -0.486. The molecule has 0 aliphatic carbocycles. The molecular weight excluding hydrogens is 254 g/mol. The zero-order valence-corrected chi connectivity index (χ0v) is 11.0. The van der Waals surface area contributed by atoms with Gasteiger partial charge < -0.3 is 20.0 Å². The van der Waals surface area contributed by atoms with E-state index in [1.54, 1.807) is 55.6 Å². The normalized spacial score (nSPS) is 10.9. The summed E-state index contributed by atoms with van der Waals surface area (Å²) < 4.78 is 5.06. The molecule has 2 rings (SSSR count). The van der Waals surface area contributed by atoms with Gasteiger partial charge in [-0.3, -0.25) is 0 Å². The van der Waals surface area contributed by atoms with Crippen molar-refractivity contribution in [3.8, 4) is 5.75 Å². The van der Waals surface area contributed by atoms with Crippen LogP contribution in [0.2, 0.25) is 0 Å². The maximum atomic E-state index is 11.2. The van der Waals surface area contributed by atoms with Gasteiger partial charge in [0.25, 0.3) is 0 Å². The van der Waals surface area contributed by atoms with Gasteiger partial charge in [0.1, 0.15) is 5.75 Å². The Morgan fingerprint density at radius 2 is 1.75 bits per heavy atom. The summed E-state index contributed by atoms with van der Waals surface area (Å²) in [5.41, 5.74) is 1.45. The lowest BCUT2D eigenvalue weighted by molar-refractivity contribution is -0.295. The second kappa shape index (κ2) is 6.43. The summed E-state index contributed by atoms with van der Waals surface area (Å²) in [4.78, 5) is 11.2. The Kier molecular flexibility index (Phi) is 4.39. The van der Waals surface area contributed by atoms with Crippen molar-refractivity contribution in [2.75, 3.05) is 12.4 Å². The number of carbonyl (C=O) groups is 1. The molecule has 0 aromatic heterocycles. The minimum atomic E-state index is -1.22. The molecular formula is C16H14NO3-. The molecule has 2 aromatic rings. The number of methoxy groups -OCH3 is 1. The molecule has 2 aromatic carbocycles. The molecule has 0 amide bonds. The van der Waals surface area contributed by atoms with Crippen LogP contribution in [-0.4, -0.2) is 13.1 Å². The van der Waals surface area contributed by atoms with E-state index in [1.165, 1.54) is 6.20 Å². The van der Waals surface area contributed by atoms with Crippen LogP contribution in [0, 0.1) is 0 Å². The zero-order chi connectivity index (χ0) is 14.4. The second-order valence-corrected chi connectivity index (χ2v) is 4.08. The van der Waals surface area contributed by atoms with Crippen LogP contribution >= 0.6 is 0 Å². The fourth-order valence-electron chi connectivity index (χ4n) is 1.72. The highest BCUT2D eigenvalue weighted by Gasteiger charge is 2.02. The van der Waals surface area contributed by atoms with E-state index in [4.69, 9.17) is 4.74 Å². The molecule has 0 fully saturated rings. The fourth-order valence-corrected chi connectivity index (χ4v) is 1.72. The maximum absolute atomic E-state index is 11.2. The van der Waals surface area contributed by atoms with Crippen molar-refractivity contribution >= 4 is 17.2 Å². The smallest absolute Gasteiger partial charge is 0.119 e. The molecule has 4 heteroatoms. The molecule has 1 N–H and O–H groups in total. The van der Waals surface area contributed by atoms with Gasteiger partial charge in [-0.05, 0) is 29.8 Å². The maximum Gasteiger partial charge on any atom is 0.119 e. The van der Waals surface area contributed by atoms with Crippen LogP contribution in [0.15, 0.2) is 60.8 Å². The number of carboxylic acid groups (broad SMARTS) is 1. The van der Waals surface area contributed by atoms with Crippen molar-refractivity contribution in [1.82, 2.24) is 0 Å². The van der Waals surface area contributed by atoms with Gasteiger partial charge in [0, 0.05) is 17.5 Å². The van der Waals surface area contributed by atoms with E-state index in [0.29, 0.717) is 5.56 Å². The molecule has 4 nitrogen and oxygen atoms in total. The molecule has 0 aliphatic rings. The summed E-state index contributed by atoms with van der Waals surface area (Å²) in [6, 6.07) is 16.0. The molecule has 0 heterocycles. The fraction of sp³-hybridized carbons (Fsp3) is 0.0625. The highest BCUT2D eigenvalue weighted by molar-refractivity contribution is 6.14. The monoisotopic (exact) mass is 268 g/mol. The summed E-state index contributed by atoms with van der Waals surface area (Å²) >= 11 is 0. The van der Waals surface area contributed by atoms with Crippen LogP contribution in [0.3, 0.4) is 0 Å². The van der Waals surface area contributed by atoms with Gasteiger partial charge in [0.2, 0.25) is 0 Å².